The van der Waals surface area contributed by atoms with E-state index in [1.54, 1.807) is 17.8 Å². The molecule has 1 aliphatic heterocycles. The molecule has 2 N–H and O–H groups in total. The SMILES string of the molecule is Cc1cc(N)nc(SCCCN2CCCC2)n1. The van der Waals surface area contributed by atoms with Gasteiger partial charge in [-0.1, -0.05) is 11.8 Å². The molecule has 17 heavy (non-hydrogen) atoms. The average Bonchev–Trinajstić information content (AvgIpc) is 2.76. The molecule has 0 aromatic carbocycles. The van der Waals surface area contributed by atoms with E-state index < -0.39 is 0 Å². The molecule has 2 heterocycles. The lowest BCUT2D eigenvalue weighted by atomic mass is 10.4. The molecule has 1 aromatic rings. The Hall–Kier alpha value is -0.810. The summed E-state index contributed by atoms with van der Waals surface area (Å²) in [7, 11) is 0. The van der Waals surface area contributed by atoms with Crippen LogP contribution in [0.1, 0.15) is 25.0 Å². The van der Waals surface area contributed by atoms with Gasteiger partial charge in [-0.3, -0.25) is 0 Å². The molecule has 0 saturated carbocycles. The molecule has 0 spiro atoms. The quantitative estimate of drug-likeness (QED) is 0.493. The summed E-state index contributed by atoms with van der Waals surface area (Å²) < 4.78 is 0. The molecule has 94 valence electrons. The molecular formula is C12H20N4S. The monoisotopic (exact) mass is 252 g/mol. The van der Waals surface area contributed by atoms with Gasteiger partial charge in [0.15, 0.2) is 5.16 Å². The number of nitrogens with zero attached hydrogens (tertiary/aromatic N) is 3. The Labute approximate surface area is 107 Å². The van der Waals surface area contributed by atoms with E-state index in [1.807, 2.05) is 6.92 Å². The number of thioether (sulfide) groups is 1. The molecule has 0 atom stereocenters. The zero-order valence-corrected chi connectivity index (χ0v) is 11.2. The van der Waals surface area contributed by atoms with Gasteiger partial charge in [-0.25, -0.2) is 9.97 Å². The van der Waals surface area contributed by atoms with Crippen LogP contribution in [-0.4, -0.2) is 40.3 Å². The first-order valence-corrected chi connectivity index (χ1v) is 7.19. The fourth-order valence-electron chi connectivity index (χ4n) is 2.09. The van der Waals surface area contributed by atoms with Crippen LogP contribution in [-0.2, 0) is 0 Å². The van der Waals surface area contributed by atoms with Crippen molar-refractivity contribution < 1.29 is 0 Å². The smallest absolute Gasteiger partial charge is 0.189 e. The first-order chi connectivity index (χ1) is 8.24. The molecule has 1 fully saturated rings. The number of likely N-dealkylation sites (tertiary alicyclic amines) is 1. The maximum absolute atomic E-state index is 5.69. The Kier molecular flexibility index (Phi) is 4.62. The summed E-state index contributed by atoms with van der Waals surface area (Å²) in [6, 6.07) is 1.80. The minimum Gasteiger partial charge on any atom is -0.384 e. The highest BCUT2D eigenvalue weighted by Gasteiger charge is 2.10. The zero-order valence-electron chi connectivity index (χ0n) is 10.4. The lowest BCUT2D eigenvalue weighted by Crippen LogP contribution is -2.20. The fourth-order valence-corrected chi connectivity index (χ4v) is 2.92. The third-order valence-corrected chi connectivity index (χ3v) is 3.84. The second-order valence-electron chi connectivity index (χ2n) is 4.47. The van der Waals surface area contributed by atoms with Crippen molar-refractivity contribution in [2.45, 2.75) is 31.3 Å². The van der Waals surface area contributed by atoms with Crippen LogP contribution in [0.3, 0.4) is 0 Å². The van der Waals surface area contributed by atoms with E-state index in [0.29, 0.717) is 5.82 Å². The largest absolute Gasteiger partial charge is 0.384 e. The molecule has 2 rings (SSSR count). The summed E-state index contributed by atoms with van der Waals surface area (Å²) in [5, 5.41) is 0.809. The van der Waals surface area contributed by atoms with Crippen molar-refractivity contribution in [3.8, 4) is 0 Å². The first-order valence-electron chi connectivity index (χ1n) is 6.20. The third kappa shape index (κ3) is 4.16. The minimum atomic E-state index is 0.569. The molecule has 0 bridgehead atoms. The Bertz CT molecular complexity index is 343. The summed E-state index contributed by atoms with van der Waals surface area (Å²) in [5.41, 5.74) is 6.63. The summed E-state index contributed by atoms with van der Waals surface area (Å²) in [6.07, 6.45) is 3.93. The Morgan fingerprint density at radius 2 is 2.12 bits per heavy atom. The lowest BCUT2D eigenvalue weighted by molar-refractivity contribution is 0.341. The van der Waals surface area contributed by atoms with Gasteiger partial charge in [0.2, 0.25) is 0 Å². The zero-order chi connectivity index (χ0) is 12.1. The molecule has 4 nitrogen and oxygen atoms in total. The van der Waals surface area contributed by atoms with E-state index in [1.165, 1.54) is 38.9 Å². The van der Waals surface area contributed by atoms with E-state index in [9.17, 15) is 0 Å². The number of rotatable bonds is 5. The van der Waals surface area contributed by atoms with Crippen LogP contribution < -0.4 is 5.73 Å². The fraction of sp³-hybridized carbons (Fsp3) is 0.667. The second-order valence-corrected chi connectivity index (χ2v) is 5.53. The summed E-state index contributed by atoms with van der Waals surface area (Å²) in [6.45, 7) is 5.71. The van der Waals surface area contributed by atoms with Crippen molar-refractivity contribution in [2.24, 2.45) is 0 Å². The van der Waals surface area contributed by atoms with Crippen LogP contribution in [0.5, 0.6) is 0 Å². The van der Waals surface area contributed by atoms with Crippen LogP contribution in [0.25, 0.3) is 0 Å². The normalized spacial score (nSPS) is 16.5. The van der Waals surface area contributed by atoms with Crippen LogP contribution in [0.2, 0.25) is 0 Å². The Balaban J connectivity index is 1.70. The standard InChI is InChI=1S/C12H20N4S/c1-10-9-11(13)15-12(14-10)17-8-4-7-16-5-2-3-6-16/h9H,2-8H2,1H3,(H2,13,14,15). The highest BCUT2D eigenvalue weighted by Crippen LogP contribution is 2.17. The van der Waals surface area contributed by atoms with Crippen molar-refractivity contribution in [1.82, 2.24) is 14.9 Å². The molecule has 1 aromatic heterocycles. The number of nitrogen functional groups attached to an aromatic ring is 1. The summed E-state index contributed by atoms with van der Waals surface area (Å²) in [4.78, 5) is 11.1. The van der Waals surface area contributed by atoms with Crippen molar-refractivity contribution in [2.75, 3.05) is 31.1 Å². The maximum Gasteiger partial charge on any atom is 0.189 e. The summed E-state index contributed by atoms with van der Waals surface area (Å²) in [5.74, 6) is 1.64. The number of hydrogen-bond acceptors (Lipinski definition) is 5. The van der Waals surface area contributed by atoms with E-state index in [-0.39, 0.29) is 0 Å². The number of nitrogens with two attached hydrogens (primary N) is 1. The number of anilines is 1. The second kappa shape index (κ2) is 6.21. The van der Waals surface area contributed by atoms with E-state index in [2.05, 4.69) is 14.9 Å². The van der Waals surface area contributed by atoms with Gasteiger partial charge < -0.3 is 10.6 Å². The van der Waals surface area contributed by atoms with Crippen molar-refractivity contribution >= 4 is 17.6 Å². The van der Waals surface area contributed by atoms with E-state index in [4.69, 9.17) is 5.73 Å². The predicted octanol–water partition coefficient (Wildman–Crippen LogP) is 1.95. The molecule has 0 radical (unpaired) electrons. The predicted molar refractivity (Wildman–Crippen MR) is 72.2 cm³/mol. The summed E-state index contributed by atoms with van der Waals surface area (Å²) >= 11 is 1.70. The van der Waals surface area contributed by atoms with E-state index in [0.717, 1.165) is 16.6 Å². The number of aromatic nitrogens is 2. The highest BCUT2D eigenvalue weighted by atomic mass is 32.2. The van der Waals surface area contributed by atoms with Crippen LogP contribution in [0, 0.1) is 6.92 Å². The Morgan fingerprint density at radius 3 is 2.82 bits per heavy atom. The topological polar surface area (TPSA) is 55.0 Å². The van der Waals surface area contributed by atoms with Crippen molar-refractivity contribution in [3.05, 3.63) is 11.8 Å². The molecule has 1 aliphatic rings. The molecule has 1 saturated heterocycles. The van der Waals surface area contributed by atoms with Gasteiger partial charge in [0.05, 0.1) is 0 Å². The molecular weight excluding hydrogens is 232 g/mol. The first kappa shape index (κ1) is 12.6. The number of aryl methyl sites for hydroxylation is 1. The van der Waals surface area contributed by atoms with Crippen LogP contribution >= 0.6 is 11.8 Å². The maximum atomic E-state index is 5.69. The Morgan fingerprint density at radius 1 is 1.35 bits per heavy atom. The minimum absolute atomic E-state index is 0.569. The lowest BCUT2D eigenvalue weighted by Gasteiger charge is -2.13. The van der Waals surface area contributed by atoms with Gasteiger partial charge >= 0.3 is 0 Å². The highest BCUT2D eigenvalue weighted by molar-refractivity contribution is 7.99. The molecule has 0 aliphatic carbocycles. The van der Waals surface area contributed by atoms with E-state index >= 15 is 0 Å². The van der Waals surface area contributed by atoms with Gasteiger partial charge in [-0.05, 0) is 45.8 Å². The van der Waals surface area contributed by atoms with Crippen LogP contribution in [0.15, 0.2) is 11.2 Å². The molecule has 0 unspecified atom stereocenters. The average molecular weight is 252 g/mol. The van der Waals surface area contributed by atoms with Crippen LogP contribution in [0.4, 0.5) is 5.82 Å². The van der Waals surface area contributed by atoms with Gasteiger partial charge in [0.1, 0.15) is 5.82 Å². The number of hydrogen-bond donors (Lipinski definition) is 1. The van der Waals surface area contributed by atoms with Crippen molar-refractivity contribution in [1.29, 1.82) is 0 Å². The third-order valence-electron chi connectivity index (χ3n) is 2.90. The van der Waals surface area contributed by atoms with Gasteiger partial charge in [0.25, 0.3) is 0 Å². The molecule has 5 heteroatoms. The molecule has 0 amide bonds. The van der Waals surface area contributed by atoms with Crippen molar-refractivity contribution in [3.63, 3.8) is 0 Å². The van der Waals surface area contributed by atoms with Gasteiger partial charge in [-0.15, -0.1) is 0 Å². The van der Waals surface area contributed by atoms with Gasteiger partial charge in [-0.2, -0.15) is 0 Å². The van der Waals surface area contributed by atoms with Gasteiger partial charge in [0, 0.05) is 17.5 Å².